The summed E-state index contributed by atoms with van der Waals surface area (Å²) in [6.45, 7) is 5.81. The zero-order chi connectivity index (χ0) is 24.3. The average Bonchev–Trinajstić information content (AvgIpc) is 2.86. The third-order valence-electron chi connectivity index (χ3n) is 6.92. The van der Waals surface area contributed by atoms with Crippen LogP contribution in [0.4, 0.5) is 5.69 Å². The summed E-state index contributed by atoms with van der Waals surface area (Å²) in [7, 11) is 3.45. The topological polar surface area (TPSA) is 78.0 Å². The fourth-order valence-corrected chi connectivity index (χ4v) is 4.93. The van der Waals surface area contributed by atoms with E-state index in [1.807, 2.05) is 31.3 Å². The molecule has 0 bridgehead atoms. The Morgan fingerprint density at radius 3 is 2.63 bits per heavy atom. The number of hydrogen-bond acceptors (Lipinski definition) is 8. The lowest BCUT2D eigenvalue weighted by atomic mass is 9.77. The normalized spacial score (nSPS) is 17.2. The van der Waals surface area contributed by atoms with Crippen LogP contribution in [-0.2, 0) is 4.74 Å². The van der Waals surface area contributed by atoms with E-state index in [1.165, 1.54) is 19.2 Å². The van der Waals surface area contributed by atoms with Crippen LogP contribution in [0.25, 0.3) is 10.9 Å². The van der Waals surface area contributed by atoms with Crippen LogP contribution in [-0.4, -0.2) is 68.5 Å². The Bertz CT molecular complexity index is 1180. The first kappa shape index (κ1) is 23.9. The molecular formula is C26H31ClN4O4. The Kier molecular flexibility index (Phi) is 7.13. The zero-order valence-electron chi connectivity index (χ0n) is 20.2. The van der Waals surface area contributed by atoms with Crippen molar-refractivity contribution >= 4 is 28.2 Å². The maximum atomic E-state index is 6.29. The minimum absolute atomic E-state index is 0.424. The summed E-state index contributed by atoms with van der Waals surface area (Å²) in [6, 6.07) is 9.17. The molecule has 2 fully saturated rings. The number of nitrogens with one attached hydrogen (secondary N) is 1. The molecule has 2 saturated heterocycles. The van der Waals surface area contributed by atoms with Crippen molar-refractivity contribution in [2.45, 2.75) is 19.3 Å². The van der Waals surface area contributed by atoms with Crippen LogP contribution in [0.3, 0.4) is 0 Å². The SMILES string of the molecule is CNc1ccc(Oc2ncnc3cc(OCCCN4CCC5(CC4)COC5)c(OC)cc23)cc1Cl. The van der Waals surface area contributed by atoms with Crippen molar-refractivity contribution in [1.29, 1.82) is 0 Å². The molecule has 186 valence electrons. The van der Waals surface area contributed by atoms with Crippen molar-refractivity contribution in [1.82, 2.24) is 14.9 Å². The summed E-state index contributed by atoms with van der Waals surface area (Å²) >= 11 is 6.29. The van der Waals surface area contributed by atoms with Crippen LogP contribution in [0.5, 0.6) is 23.1 Å². The summed E-state index contributed by atoms with van der Waals surface area (Å²) in [5.74, 6) is 2.29. The number of anilines is 1. The maximum absolute atomic E-state index is 6.29. The standard InChI is InChI=1S/C26H31ClN4O4/c1-28-21-5-4-18(12-20(21)27)35-25-19-13-23(32-2)24(14-22(19)29-17-30-25)34-11-3-8-31-9-6-26(7-10-31)15-33-16-26/h4-5,12-14,17,28H,3,6-11,15-16H2,1-2H3. The van der Waals surface area contributed by atoms with Gasteiger partial charge in [0.05, 0.1) is 48.5 Å². The summed E-state index contributed by atoms with van der Waals surface area (Å²) < 4.78 is 23.2. The van der Waals surface area contributed by atoms with E-state index in [1.54, 1.807) is 13.2 Å². The number of benzene rings is 2. The molecule has 3 aromatic rings. The first-order valence-corrected chi connectivity index (χ1v) is 12.4. The van der Waals surface area contributed by atoms with Gasteiger partial charge in [0.2, 0.25) is 5.88 Å². The quantitative estimate of drug-likeness (QED) is 0.413. The Labute approximate surface area is 210 Å². The van der Waals surface area contributed by atoms with Crippen molar-refractivity contribution in [3.05, 3.63) is 41.7 Å². The fourth-order valence-electron chi connectivity index (χ4n) is 4.67. The van der Waals surface area contributed by atoms with Crippen molar-refractivity contribution in [3.8, 4) is 23.1 Å². The van der Waals surface area contributed by atoms with Crippen LogP contribution >= 0.6 is 11.6 Å². The molecule has 0 aliphatic carbocycles. The molecule has 2 aromatic carbocycles. The summed E-state index contributed by atoms with van der Waals surface area (Å²) in [4.78, 5) is 11.3. The van der Waals surface area contributed by atoms with E-state index in [-0.39, 0.29) is 0 Å². The van der Waals surface area contributed by atoms with E-state index in [0.29, 0.717) is 45.7 Å². The van der Waals surface area contributed by atoms with Gasteiger partial charge in [0.15, 0.2) is 11.5 Å². The van der Waals surface area contributed by atoms with Crippen molar-refractivity contribution in [2.75, 3.05) is 58.9 Å². The summed E-state index contributed by atoms with van der Waals surface area (Å²) in [5, 5.41) is 4.33. The number of halogens is 1. The van der Waals surface area contributed by atoms with Crippen LogP contribution < -0.4 is 19.5 Å². The molecule has 8 nitrogen and oxygen atoms in total. The van der Waals surface area contributed by atoms with Gasteiger partial charge in [-0.1, -0.05) is 11.6 Å². The molecule has 9 heteroatoms. The number of piperidine rings is 1. The Morgan fingerprint density at radius 2 is 1.94 bits per heavy atom. The maximum Gasteiger partial charge on any atom is 0.230 e. The summed E-state index contributed by atoms with van der Waals surface area (Å²) in [5.41, 5.74) is 2.01. The number of likely N-dealkylation sites (tertiary alicyclic amines) is 1. The molecule has 0 saturated carbocycles. The lowest BCUT2D eigenvalue weighted by Gasteiger charge is -2.47. The Balaban J connectivity index is 1.23. The van der Waals surface area contributed by atoms with Gasteiger partial charge in [-0.3, -0.25) is 0 Å². The number of ether oxygens (including phenoxy) is 4. The second-order valence-corrected chi connectivity index (χ2v) is 9.64. The molecule has 5 rings (SSSR count). The van der Waals surface area contributed by atoms with Crippen molar-refractivity contribution < 1.29 is 18.9 Å². The van der Waals surface area contributed by atoms with Gasteiger partial charge in [-0.25, -0.2) is 9.97 Å². The predicted molar refractivity (Wildman–Crippen MR) is 136 cm³/mol. The molecular weight excluding hydrogens is 468 g/mol. The molecule has 0 radical (unpaired) electrons. The van der Waals surface area contributed by atoms with Crippen LogP contribution in [0.15, 0.2) is 36.7 Å². The van der Waals surface area contributed by atoms with E-state index in [2.05, 4.69) is 20.2 Å². The largest absolute Gasteiger partial charge is 0.493 e. The molecule has 0 unspecified atom stereocenters. The third kappa shape index (κ3) is 5.24. The van der Waals surface area contributed by atoms with E-state index in [0.717, 1.165) is 50.3 Å². The van der Waals surface area contributed by atoms with Gasteiger partial charge in [-0.2, -0.15) is 0 Å². The highest BCUT2D eigenvalue weighted by molar-refractivity contribution is 6.33. The Morgan fingerprint density at radius 1 is 1.11 bits per heavy atom. The van der Waals surface area contributed by atoms with Gasteiger partial charge in [0.1, 0.15) is 12.1 Å². The molecule has 1 N–H and O–H groups in total. The molecule has 2 aliphatic heterocycles. The van der Waals surface area contributed by atoms with Gasteiger partial charge >= 0.3 is 0 Å². The summed E-state index contributed by atoms with van der Waals surface area (Å²) in [6.07, 6.45) is 4.91. The second kappa shape index (κ2) is 10.4. The number of nitrogens with zero attached hydrogens (tertiary/aromatic N) is 3. The van der Waals surface area contributed by atoms with E-state index in [4.69, 9.17) is 30.5 Å². The lowest BCUT2D eigenvalue weighted by molar-refractivity contribution is -0.139. The minimum Gasteiger partial charge on any atom is -0.493 e. The van der Waals surface area contributed by atoms with Crippen molar-refractivity contribution in [3.63, 3.8) is 0 Å². The fraction of sp³-hybridized carbons (Fsp3) is 0.462. The van der Waals surface area contributed by atoms with Crippen molar-refractivity contribution in [2.24, 2.45) is 5.41 Å². The number of methoxy groups -OCH3 is 1. The molecule has 2 aliphatic rings. The number of hydrogen-bond donors (Lipinski definition) is 1. The van der Waals surface area contributed by atoms with Gasteiger partial charge < -0.3 is 29.2 Å². The molecule has 35 heavy (non-hydrogen) atoms. The van der Waals surface area contributed by atoms with E-state index in [9.17, 15) is 0 Å². The molecule has 0 atom stereocenters. The minimum atomic E-state index is 0.424. The van der Waals surface area contributed by atoms with Gasteiger partial charge in [-0.05, 0) is 50.6 Å². The second-order valence-electron chi connectivity index (χ2n) is 9.23. The first-order chi connectivity index (χ1) is 17.1. The van der Waals surface area contributed by atoms with E-state index < -0.39 is 0 Å². The lowest BCUT2D eigenvalue weighted by Crippen LogP contribution is -2.51. The molecule has 0 amide bonds. The monoisotopic (exact) mass is 498 g/mol. The number of fused-ring (bicyclic) bond motifs is 1. The zero-order valence-corrected chi connectivity index (χ0v) is 20.9. The smallest absolute Gasteiger partial charge is 0.230 e. The first-order valence-electron chi connectivity index (χ1n) is 12.0. The highest BCUT2D eigenvalue weighted by Gasteiger charge is 2.40. The molecule has 3 heterocycles. The van der Waals surface area contributed by atoms with Gasteiger partial charge in [0, 0.05) is 31.1 Å². The average molecular weight is 499 g/mol. The molecule has 1 aromatic heterocycles. The Hall–Kier alpha value is -2.81. The third-order valence-corrected chi connectivity index (χ3v) is 7.23. The molecule has 1 spiro atoms. The van der Waals surface area contributed by atoms with Gasteiger partial charge in [0.25, 0.3) is 0 Å². The number of aromatic nitrogens is 2. The van der Waals surface area contributed by atoms with Crippen LogP contribution in [0, 0.1) is 5.41 Å². The predicted octanol–water partition coefficient (Wildman–Crippen LogP) is 5.01. The van der Waals surface area contributed by atoms with E-state index >= 15 is 0 Å². The van der Waals surface area contributed by atoms with Crippen LogP contribution in [0.1, 0.15) is 19.3 Å². The van der Waals surface area contributed by atoms with Gasteiger partial charge in [-0.15, -0.1) is 0 Å². The number of rotatable bonds is 9. The highest BCUT2D eigenvalue weighted by Crippen LogP contribution is 2.39. The highest BCUT2D eigenvalue weighted by atomic mass is 35.5. The van der Waals surface area contributed by atoms with Crippen LogP contribution in [0.2, 0.25) is 5.02 Å².